The molecule has 0 radical (unpaired) electrons. The van der Waals surface area contributed by atoms with E-state index in [0.29, 0.717) is 28.2 Å². The summed E-state index contributed by atoms with van der Waals surface area (Å²) in [5, 5.41) is 26.1. The molecule has 9 heteroatoms. The van der Waals surface area contributed by atoms with Crippen molar-refractivity contribution in [3.05, 3.63) is 58.3 Å². The lowest BCUT2D eigenvalue weighted by Gasteiger charge is -2.17. The van der Waals surface area contributed by atoms with Crippen LogP contribution in [0.5, 0.6) is 0 Å². The number of nitriles is 1. The summed E-state index contributed by atoms with van der Waals surface area (Å²) in [4.78, 5) is 14.0. The monoisotopic (exact) mass is 505 g/mol. The number of hydrogen-bond acceptors (Lipinski definition) is 7. The highest BCUT2D eigenvalue weighted by molar-refractivity contribution is 7.99. The third-order valence-corrected chi connectivity index (χ3v) is 9.06. The fraction of sp³-hybridized carbons (Fsp3) is 0.280. The Morgan fingerprint density at radius 2 is 2.26 bits per heavy atom. The fourth-order valence-electron chi connectivity index (χ4n) is 4.29. The Hall–Kier alpha value is -2.93. The van der Waals surface area contributed by atoms with Gasteiger partial charge in [-0.15, -0.1) is 39.4 Å². The number of rotatable bonds is 7. The second-order valence-electron chi connectivity index (χ2n) is 8.36. The van der Waals surface area contributed by atoms with Crippen molar-refractivity contribution in [2.45, 2.75) is 37.9 Å². The maximum absolute atomic E-state index is 12.8. The molecule has 1 amide bonds. The molecule has 1 aromatic carbocycles. The molecule has 3 aromatic heterocycles. The van der Waals surface area contributed by atoms with Crippen LogP contribution in [0.25, 0.3) is 21.5 Å². The number of nitrogens with one attached hydrogen (secondary N) is 1. The molecule has 0 aliphatic heterocycles. The van der Waals surface area contributed by atoms with Gasteiger partial charge in [0.2, 0.25) is 5.91 Å². The molecule has 3 heterocycles. The molecule has 1 aliphatic carbocycles. The molecule has 0 saturated carbocycles. The van der Waals surface area contributed by atoms with Gasteiger partial charge in [-0.2, -0.15) is 5.26 Å². The van der Waals surface area contributed by atoms with Crippen LogP contribution in [0.15, 0.2) is 47.5 Å². The normalized spacial score (nSPS) is 15.1. The van der Waals surface area contributed by atoms with E-state index < -0.39 is 0 Å². The van der Waals surface area contributed by atoms with Gasteiger partial charge in [0, 0.05) is 32.5 Å². The van der Waals surface area contributed by atoms with E-state index in [2.05, 4.69) is 52.6 Å². The Labute approximate surface area is 210 Å². The van der Waals surface area contributed by atoms with Crippen molar-refractivity contribution in [2.24, 2.45) is 5.92 Å². The fourth-order valence-corrected chi connectivity index (χ4v) is 7.35. The zero-order valence-electron chi connectivity index (χ0n) is 18.7. The number of nitrogens with zero attached hydrogens (tertiary/aromatic N) is 4. The Morgan fingerprint density at radius 3 is 3.09 bits per heavy atom. The molecule has 34 heavy (non-hydrogen) atoms. The Balaban J connectivity index is 1.34. The molecule has 6 nitrogen and oxygen atoms in total. The van der Waals surface area contributed by atoms with E-state index in [-0.39, 0.29) is 11.7 Å². The van der Waals surface area contributed by atoms with Gasteiger partial charge in [-0.3, -0.25) is 9.36 Å². The average molecular weight is 506 g/mol. The Bertz CT molecular complexity index is 1420. The van der Waals surface area contributed by atoms with Crippen LogP contribution in [-0.2, 0) is 24.2 Å². The van der Waals surface area contributed by atoms with Crippen LogP contribution in [0.3, 0.4) is 0 Å². The van der Waals surface area contributed by atoms with Crippen LogP contribution in [0.4, 0.5) is 5.00 Å². The van der Waals surface area contributed by atoms with Crippen LogP contribution in [-0.4, -0.2) is 26.4 Å². The summed E-state index contributed by atoms with van der Waals surface area (Å²) in [6, 6.07) is 10.5. The molecule has 0 spiro atoms. The SMILES string of the molecule is C=CCn1c(SCC(=O)Nc2sc3c(c2C#N)CCC(C)C3)nnc1-c1csc2ccccc12. The Morgan fingerprint density at radius 1 is 1.41 bits per heavy atom. The molecule has 5 rings (SSSR count). The first-order valence-electron chi connectivity index (χ1n) is 11.1. The zero-order valence-corrected chi connectivity index (χ0v) is 21.2. The van der Waals surface area contributed by atoms with E-state index in [1.165, 1.54) is 21.3 Å². The van der Waals surface area contributed by atoms with Crippen LogP contribution in [0.1, 0.15) is 29.3 Å². The largest absolute Gasteiger partial charge is 0.316 e. The van der Waals surface area contributed by atoms with Crippen LogP contribution >= 0.6 is 34.4 Å². The smallest absolute Gasteiger partial charge is 0.235 e. The molecular formula is C25H23N5OS3. The van der Waals surface area contributed by atoms with Gasteiger partial charge in [0.15, 0.2) is 11.0 Å². The molecule has 1 atom stereocenters. The van der Waals surface area contributed by atoms with Gasteiger partial charge in [-0.1, -0.05) is 43.0 Å². The lowest BCUT2D eigenvalue weighted by Crippen LogP contribution is -2.14. The molecule has 1 aliphatic rings. The third-order valence-electron chi connectivity index (χ3n) is 5.96. The molecule has 1 N–H and O–H groups in total. The van der Waals surface area contributed by atoms with E-state index >= 15 is 0 Å². The van der Waals surface area contributed by atoms with Gasteiger partial charge < -0.3 is 5.32 Å². The van der Waals surface area contributed by atoms with E-state index in [9.17, 15) is 10.1 Å². The van der Waals surface area contributed by atoms with Crippen LogP contribution in [0.2, 0.25) is 0 Å². The van der Waals surface area contributed by atoms with Crippen molar-refractivity contribution in [1.29, 1.82) is 5.26 Å². The number of thiophene rings is 2. The molecule has 172 valence electrons. The van der Waals surface area contributed by atoms with E-state index in [4.69, 9.17) is 0 Å². The van der Waals surface area contributed by atoms with Crippen molar-refractivity contribution in [3.63, 3.8) is 0 Å². The number of aromatic nitrogens is 3. The number of allylic oxidation sites excluding steroid dienone is 1. The summed E-state index contributed by atoms with van der Waals surface area (Å²) in [6.07, 6.45) is 4.78. The van der Waals surface area contributed by atoms with Gasteiger partial charge in [0.1, 0.15) is 11.1 Å². The lowest BCUT2D eigenvalue weighted by atomic mass is 9.89. The number of fused-ring (bicyclic) bond motifs is 2. The standard InChI is InChI=1S/C25H23N5OS3/c1-3-10-30-23(19-13-32-20-7-5-4-6-16(19)20)28-29-25(30)33-14-22(31)27-24-18(12-26)17-9-8-15(2)11-21(17)34-24/h3-7,13,15H,1,8-11,14H2,2H3,(H,27,31). The van der Waals surface area contributed by atoms with Crippen LogP contribution in [0, 0.1) is 17.2 Å². The third kappa shape index (κ3) is 4.29. The molecule has 1 unspecified atom stereocenters. The summed E-state index contributed by atoms with van der Waals surface area (Å²) in [5.74, 6) is 1.42. The highest BCUT2D eigenvalue weighted by Crippen LogP contribution is 2.39. The van der Waals surface area contributed by atoms with Gasteiger partial charge in [-0.05, 0) is 36.8 Å². The molecule has 0 fully saturated rings. The minimum Gasteiger partial charge on any atom is -0.316 e. The van der Waals surface area contributed by atoms with Crippen LogP contribution < -0.4 is 5.32 Å². The second-order valence-corrected chi connectivity index (χ2v) is 11.3. The predicted octanol–water partition coefficient (Wildman–Crippen LogP) is 6.13. The Kier molecular flexibility index (Phi) is 6.55. The average Bonchev–Trinajstić information content (AvgIpc) is 3.52. The lowest BCUT2D eigenvalue weighted by molar-refractivity contribution is -0.113. The molecule has 0 saturated heterocycles. The topological polar surface area (TPSA) is 83.6 Å². The maximum Gasteiger partial charge on any atom is 0.235 e. The minimum absolute atomic E-state index is 0.149. The van der Waals surface area contributed by atoms with E-state index in [0.717, 1.165) is 41.6 Å². The molecule has 4 aromatic rings. The first-order chi connectivity index (χ1) is 16.6. The second kappa shape index (κ2) is 9.74. The molecular weight excluding hydrogens is 483 g/mol. The van der Waals surface area contributed by atoms with Gasteiger partial charge in [-0.25, -0.2) is 0 Å². The maximum atomic E-state index is 12.8. The van der Waals surface area contributed by atoms with Gasteiger partial charge in [0.05, 0.1) is 11.3 Å². The first-order valence-corrected chi connectivity index (χ1v) is 13.7. The predicted molar refractivity (Wildman–Crippen MR) is 141 cm³/mol. The number of carbonyl (C=O) groups is 1. The van der Waals surface area contributed by atoms with Crippen molar-refractivity contribution < 1.29 is 4.79 Å². The highest BCUT2D eigenvalue weighted by Gasteiger charge is 2.25. The van der Waals surface area contributed by atoms with Gasteiger partial charge in [0.25, 0.3) is 0 Å². The summed E-state index contributed by atoms with van der Waals surface area (Å²) >= 11 is 4.56. The zero-order chi connectivity index (χ0) is 23.7. The first kappa shape index (κ1) is 22.8. The summed E-state index contributed by atoms with van der Waals surface area (Å²) in [5.41, 5.74) is 2.78. The number of carbonyl (C=O) groups excluding carboxylic acids is 1. The number of amides is 1. The number of hydrogen-bond donors (Lipinski definition) is 1. The van der Waals surface area contributed by atoms with E-state index in [1.807, 2.05) is 22.8 Å². The minimum atomic E-state index is -0.149. The number of thioether (sulfide) groups is 1. The van der Waals surface area contributed by atoms with Crippen molar-refractivity contribution >= 4 is 55.4 Å². The molecule has 0 bridgehead atoms. The van der Waals surface area contributed by atoms with Gasteiger partial charge >= 0.3 is 0 Å². The number of anilines is 1. The number of benzene rings is 1. The highest BCUT2D eigenvalue weighted by atomic mass is 32.2. The van der Waals surface area contributed by atoms with Crippen molar-refractivity contribution in [1.82, 2.24) is 14.8 Å². The summed E-state index contributed by atoms with van der Waals surface area (Å²) in [6.45, 7) is 6.66. The summed E-state index contributed by atoms with van der Waals surface area (Å²) in [7, 11) is 0. The summed E-state index contributed by atoms with van der Waals surface area (Å²) < 4.78 is 3.19. The van der Waals surface area contributed by atoms with Crippen molar-refractivity contribution in [3.8, 4) is 17.5 Å². The van der Waals surface area contributed by atoms with Crippen molar-refractivity contribution in [2.75, 3.05) is 11.1 Å². The van der Waals surface area contributed by atoms with E-state index in [1.54, 1.807) is 22.7 Å². The quantitative estimate of drug-likeness (QED) is 0.241.